The molecule has 0 aliphatic heterocycles. The molecule has 0 aromatic carbocycles. The average Bonchev–Trinajstić information content (AvgIpc) is 2.62. The van der Waals surface area contributed by atoms with Crippen LogP contribution < -0.4 is 0 Å². The molecule has 0 N–H and O–H groups in total. The molecule has 0 radical (unpaired) electrons. The number of aromatic nitrogens is 2. The fraction of sp³-hybridized carbons (Fsp3) is 0.667. The highest BCUT2D eigenvalue weighted by Gasteiger charge is 2.06. The molecule has 3 nitrogen and oxygen atoms in total. The summed E-state index contributed by atoms with van der Waals surface area (Å²) >= 11 is 0. The lowest BCUT2D eigenvalue weighted by molar-refractivity contribution is 0.0973. The maximum Gasteiger partial charge on any atom is 0.183 e. The monoisotopic (exact) mass is 330 g/mol. The van der Waals surface area contributed by atoms with Gasteiger partial charge in [-0.2, -0.15) is 5.10 Å². The van der Waals surface area contributed by atoms with Crippen molar-refractivity contribution in [3.63, 3.8) is 0 Å². The first-order chi connectivity index (χ1) is 11.8. The minimum absolute atomic E-state index is 0.113. The van der Waals surface area contributed by atoms with Gasteiger partial charge in [0.2, 0.25) is 0 Å². The lowest BCUT2D eigenvalue weighted by Crippen LogP contribution is -2.02. The van der Waals surface area contributed by atoms with Gasteiger partial charge in [-0.05, 0) is 44.2 Å². The molecule has 24 heavy (non-hydrogen) atoms. The highest BCUT2D eigenvalue weighted by Crippen LogP contribution is 2.10. The predicted octanol–water partition coefficient (Wildman–Crippen LogP) is 6.31. The average molecular weight is 331 g/mol. The number of unbranched alkanes of at least 4 members (excludes halogenated alkanes) is 10. The molecule has 0 bridgehead atoms. The second kappa shape index (κ2) is 15.0. The van der Waals surface area contributed by atoms with E-state index in [0.717, 1.165) is 12.8 Å². The SMILES string of the molecule is CCCCCCCC/C=C\CCCCCCC(=O)c1cccnn1. The van der Waals surface area contributed by atoms with Gasteiger partial charge in [0, 0.05) is 12.6 Å². The van der Waals surface area contributed by atoms with Gasteiger partial charge in [0.25, 0.3) is 0 Å². The maximum atomic E-state index is 11.8. The van der Waals surface area contributed by atoms with E-state index in [1.54, 1.807) is 18.3 Å². The van der Waals surface area contributed by atoms with Crippen LogP contribution in [0.25, 0.3) is 0 Å². The molecule has 0 amide bonds. The number of hydrogen-bond donors (Lipinski definition) is 0. The molecule has 0 aliphatic carbocycles. The summed E-state index contributed by atoms with van der Waals surface area (Å²) in [7, 11) is 0. The van der Waals surface area contributed by atoms with Crippen molar-refractivity contribution in [3.05, 3.63) is 36.2 Å². The fourth-order valence-electron chi connectivity index (χ4n) is 2.76. The van der Waals surface area contributed by atoms with Gasteiger partial charge in [-0.15, -0.1) is 5.10 Å². The molecular weight excluding hydrogens is 296 g/mol. The van der Waals surface area contributed by atoms with Gasteiger partial charge in [-0.1, -0.05) is 64.0 Å². The Balaban J connectivity index is 1.86. The van der Waals surface area contributed by atoms with Gasteiger partial charge >= 0.3 is 0 Å². The molecule has 1 rings (SSSR count). The van der Waals surface area contributed by atoms with E-state index in [0.29, 0.717) is 12.1 Å². The third-order valence-electron chi connectivity index (χ3n) is 4.27. The number of ketones is 1. The van der Waals surface area contributed by atoms with Gasteiger partial charge in [-0.25, -0.2) is 0 Å². The Morgan fingerprint density at radius 2 is 1.54 bits per heavy atom. The maximum absolute atomic E-state index is 11.8. The zero-order chi connectivity index (χ0) is 17.3. The summed E-state index contributed by atoms with van der Waals surface area (Å²) in [6.07, 6.45) is 22.0. The number of hydrogen-bond acceptors (Lipinski definition) is 3. The van der Waals surface area contributed by atoms with Gasteiger partial charge in [0.05, 0.1) is 0 Å². The first kappa shape index (κ1) is 20.5. The van der Waals surface area contributed by atoms with Crippen molar-refractivity contribution >= 4 is 5.78 Å². The smallest absolute Gasteiger partial charge is 0.183 e. The molecular formula is C21H34N2O. The summed E-state index contributed by atoms with van der Waals surface area (Å²) in [6, 6.07) is 3.50. The van der Waals surface area contributed by atoms with E-state index in [9.17, 15) is 4.79 Å². The Labute approximate surface area is 148 Å². The number of nitrogens with zero attached hydrogens (tertiary/aromatic N) is 2. The van der Waals surface area contributed by atoms with E-state index in [4.69, 9.17) is 0 Å². The molecule has 0 atom stereocenters. The zero-order valence-corrected chi connectivity index (χ0v) is 15.4. The predicted molar refractivity (Wildman–Crippen MR) is 101 cm³/mol. The second-order valence-electron chi connectivity index (χ2n) is 6.51. The number of carbonyl (C=O) groups is 1. The van der Waals surface area contributed by atoms with Crippen molar-refractivity contribution in [1.82, 2.24) is 10.2 Å². The van der Waals surface area contributed by atoms with Crippen LogP contribution in [-0.4, -0.2) is 16.0 Å². The van der Waals surface area contributed by atoms with E-state index in [1.807, 2.05) is 0 Å². The van der Waals surface area contributed by atoms with Gasteiger partial charge in [0.15, 0.2) is 5.78 Å². The van der Waals surface area contributed by atoms with Crippen LogP contribution in [0.2, 0.25) is 0 Å². The summed E-state index contributed by atoms with van der Waals surface area (Å²) in [5.41, 5.74) is 0.495. The largest absolute Gasteiger partial charge is 0.292 e. The first-order valence-corrected chi connectivity index (χ1v) is 9.80. The van der Waals surface area contributed by atoms with Crippen LogP contribution in [0, 0.1) is 0 Å². The number of carbonyl (C=O) groups excluding carboxylic acids is 1. The standard InChI is InChI=1S/C21H34N2O/c1-2-3-4-5-6-7-8-9-10-11-12-13-14-15-18-21(24)20-17-16-19-22-23-20/h9-10,16-17,19H,2-8,11-15,18H2,1H3/b10-9-. The third-order valence-corrected chi connectivity index (χ3v) is 4.27. The van der Waals surface area contributed by atoms with Crippen LogP contribution >= 0.6 is 0 Å². The molecule has 1 aromatic rings. The van der Waals surface area contributed by atoms with E-state index in [1.165, 1.54) is 64.2 Å². The van der Waals surface area contributed by atoms with E-state index >= 15 is 0 Å². The van der Waals surface area contributed by atoms with Crippen molar-refractivity contribution in [2.75, 3.05) is 0 Å². The summed E-state index contributed by atoms with van der Waals surface area (Å²) in [5, 5.41) is 7.60. The van der Waals surface area contributed by atoms with Crippen LogP contribution in [0.5, 0.6) is 0 Å². The Bertz CT molecular complexity index is 442. The normalized spacial score (nSPS) is 11.2. The number of rotatable bonds is 15. The van der Waals surface area contributed by atoms with Crippen LogP contribution in [-0.2, 0) is 0 Å². The summed E-state index contributed by atoms with van der Waals surface area (Å²) in [6.45, 7) is 2.26. The fourth-order valence-corrected chi connectivity index (χ4v) is 2.76. The molecule has 0 unspecified atom stereocenters. The van der Waals surface area contributed by atoms with E-state index in [-0.39, 0.29) is 5.78 Å². The highest BCUT2D eigenvalue weighted by molar-refractivity contribution is 5.93. The molecule has 0 fully saturated rings. The van der Waals surface area contributed by atoms with Gasteiger partial charge in [0.1, 0.15) is 5.69 Å². The molecule has 0 saturated heterocycles. The van der Waals surface area contributed by atoms with Crippen LogP contribution in [0.15, 0.2) is 30.5 Å². The summed E-state index contributed by atoms with van der Waals surface area (Å²) in [5.74, 6) is 0.113. The quantitative estimate of drug-likeness (QED) is 0.215. The Morgan fingerprint density at radius 3 is 2.17 bits per heavy atom. The molecule has 3 heteroatoms. The molecule has 0 aliphatic rings. The number of allylic oxidation sites excluding steroid dienone is 2. The first-order valence-electron chi connectivity index (χ1n) is 9.80. The van der Waals surface area contributed by atoms with Crippen LogP contribution in [0.1, 0.15) is 101 Å². The third kappa shape index (κ3) is 11.1. The summed E-state index contributed by atoms with van der Waals surface area (Å²) in [4.78, 5) is 11.8. The zero-order valence-electron chi connectivity index (χ0n) is 15.4. The second-order valence-corrected chi connectivity index (χ2v) is 6.51. The van der Waals surface area contributed by atoms with Crippen molar-refractivity contribution in [3.8, 4) is 0 Å². The van der Waals surface area contributed by atoms with Crippen molar-refractivity contribution < 1.29 is 4.79 Å². The van der Waals surface area contributed by atoms with E-state index in [2.05, 4.69) is 29.3 Å². The number of Topliss-reactive ketones (excluding diaryl/α,β-unsaturated/α-hetero) is 1. The highest BCUT2D eigenvalue weighted by atomic mass is 16.1. The van der Waals surface area contributed by atoms with Gasteiger partial charge in [-0.3, -0.25) is 4.79 Å². The molecule has 1 heterocycles. The lowest BCUT2D eigenvalue weighted by Gasteiger charge is -2.00. The minimum atomic E-state index is 0.113. The van der Waals surface area contributed by atoms with Crippen LogP contribution in [0.3, 0.4) is 0 Å². The van der Waals surface area contributed by atoms with Crippen molar-refractivity contribution in [1.29, 1.82) is 0 Å². The molecule has 0 spiro atoms. The van der Waals surface area contributed by atoms with Crippen molar-refractivity contribution in [2.45, 2.75) is 90.4 Å². The summed E-state index contributed by atoms with van der Waals surface area (Å²) < 4.78 is 0. The molecule has 134 valence electrons. The Morgan fingerprint density at radius 1 is 0.917 bits per heavy atom. The van der Waals surface area contributed by atoms with Crippen molar-refractivity contribution in [2.24, 2.45) is 0 Å². The molecule has 0 saturated carbocycles. The minimum Gasteiger partial charge on any atom is -0.292 e. The Hall–Kier alpha value is -1.51. The van der Waals surface area contributed by atoms with E-state index < -0.39 is 0 Å². The topological polar surface area (TPSA) is 42.9 Å². The lowest BCUT2D eigenvalue weighted by atomic mass is 10.1. The molecule has 1 aromatic heterocycles. The Kier molecular flexibility index (Phi) is 12.9. The van der Waals surface area contributed by atoms with Gasteiger partial charge < -0.3 is 0 Å². The van der Waals surface area contributed by atoms with Crippen LogP contribution in [0.4, 0.5) is 0 Å².